The third kappa shape index (κ3) is 25.8. The van der Waals surface area contributed by atoms with E-state index in [2.05, 4.69) is 136 Å². The maximum Gasteiger partial charge on any atom is -0.274 e. The summed E-state index contributed by atoms with van der Waals surface area (Å²) in [6.07, 6.45) is 4.48. The van der Waals surface area contributed by atoms with E-state index in [0.717, 1.165) is 11.1 Å². The standard InChI is InChI=1S/C27H33N5O5S2.C25H28N6O4S2.I7.H4N2.H2O/c1-17(2)37-26(34)30-20-11-8-18(9-12-20)25-28-15-22(38-25)21-13-10-19(24(33)29-16-32(6)7)14-23(21)39(35,36)31-27(3,4)5;1-15(2)35-24(32)29-18-9-6-16(7-10-18)23-26-13-20(36-23)19-11-8-17(22-27-14-28-30-22)12-21(19)37(33,34)31-25(3,4)5;1-5-7(4)6(2)3;1-2;/h8-17,31H,1-7H3,(H,30,34);6-15,31H,1-5H3,(H,29,32)(H,27,28,30);;1-2H2;1H2/q;;-1;;. The molecule has 34 heteroatoms. The molecule has 7 aromatic rings. The largest absolute Gasteiger partial charge is 0.412 e. The first-order valence-corrected chi connectivity index (χ1v) is 67.1. The van der Waals surface area contributed by atoms with E-state index >= 15 is 0 Å². The number of carbonyl (C=O) groups excluding carboxylic acids is 3. The molecule has 0 aliphatic carbocycles. The van der Waals surface area contributed by atoms with Crippen molar-refractivity contribution < 1.29 is 59.4 Å². The van der Waals surface area contributed by atoms with Crippen LogP contribution in [-0.2, 0) is 29.5 Å². The summed E-state index contributed by atoms with van der Waals surface area (Å²) in [5, 5.41) is 13.3. The fourth-order valence-corrected chi connectivity index (χ4v) is 222. The number of carbonyl (C=O) groups is 3. The van der Waals surface area contributed by atoms with Crippen molar-refractivity contribution in [3.05, 3.63) is 109 Å². The van der Waals surface area contributed by atoms with E-state index in [1.807, 2.05) is 12.1 Å². The second-order valence-corrected chi connectivity index (χ2v) is 139. The number of benzene rings is 4. The Kier molecular flexibility index (Phi) is 32.8. The molecular weight excluding hydrogens is 1980 g/mol. The third-order valence-corrected chi connectivity index (χ3v) is 263. The van der Waals surface area contributed by atoms with Crippen LogP contribution in [0, 0.1) is 0 Å². The van der Waals surface area contributed by atoms with Gasteiger partial charge in [0.25, 0.3) is 5.91 Å². The smallest absolute Gasteiger partial charge is 0.274 e. The van der Waals surface area contributed by atoms with Crippen molar-refractivity contribution in [1.29, 1.82) is 0 Å². The minimum absolute atomic E-state index is 0. The Morgan fingerprint density at radius 1 is 0.686 bits per heavy atom. The molecule has 11 N–H and O–H groups in total. The summed E-state index contributed by atoms with van der Waals surface area (Å²) in [4.78, 5) is 56.3. The van der Waals surface area contributed by atoms with Gasteiger partial charge >= 0.3 is 116 Å². The van der Waals surface area contributed by atoms with Crippen LogP contribution >= 0.6 is 113 Å². The minimum atomic E-state index is -4.00. The number of H-pyrrole nitrogens is 1. The minimum Gasteiger partial charge on any atom is -0.412 e. The fourth-order valence-electron chi connectivity index (χ4n) is 6.87. The average molecular weight is 2050 g/mol. The molecular formula is C52H67I7N13O10S4-. The number of nitrogens with zero attached hydrogens (tertiary/aromatic N) is 6. The first-order chi connectivity index (χ1) is 39.7. The van der Waals surface area contributed by atoms with E-state index in [-0.39, 0.29) is 48.8 Å². The molecule has 0 unspecified atom stereocenters. The average Bonchev–Trinajstić information content (AvgIpc) is 1.99. The van der Waals surface area contributed by atoms with Crippen LogP contribution in [0.1, 0.15) is 79.6 Å². The van der Waals surface area contributed by atoms with Crippen LogP contribution in [0.25, 0.3) is 53.4 Å². The molecule has 0 atom stereocenters. The Balaban J connectivity index is 0.000000391. The van der Waals surface area contributed by atoms with Gasteiger partial charge in [-0.3, -0.25) is 32.2 Å². The van der Waals surface area contributed by atoms with E-state index < -0.39 is 49.2 Å². The number of anilines is 2. The zero-order valence-electron chi connectivity index (χ0n) is 48.3. The number of aromatic nitrogens is 5. The molecule has 23 nitrogen and oxygen atoms in total. The molecule has 3 aromatic heterocycles. The molecule has 0 bridgehead atoms. The summed E-state index contributed by atoms with van der Waals surface area (Å²) in [5.41, 5.74) is 3.05. The Hall–Kier alpha value is -2.23. The number of ether oxygens (including phenoxy) is 2. The Labute approximate surface area is 565 Å². The number of halogens is 7. The van der Waals surface area contributed by atoms with E-state index in [9.17, 15) is 31.2 Å². The number of amides is 3. The zero-order valence-corrected chi connectivity index (χ0v) is 66.7. The van der Waals surface area contributed by atoms with Crippen LogP contribution in [0.3, 0.4) is 0 Å². The van der Waals surface area contributed by atoms with Gasteiger partial charge in [0.05, 0.1) is 38.1 Å². The first kappa shape index (κ1) is 78.0. The normalized spacial score (nSPS) is 11.9. The number of aromatic amines is 1. The predicted molar refractivity (Wildman–Crippen MR) is 395 cm³/mol. The van der Waals surface area contributed by atoms with Crippen LogP contribution in [0.2, 0.25) is 0 Å². The van der Waals surface area contributed by atoms with Crippen molar-refractivity contribution in [2.24, 2.45) is 16.7 Å². The molecule has 3 heterocycles. The molecule has 7 rings (SSSR count). The second-order valence-electron chi connectivity index (χ2n) is 20.2. The first-order valence-electron chi connectivity index (χ1n) is 24.8. The number of sulfonamides is 2. The molecule has 0 aliphatic heterocycles. The molecule has 0 radical (unpaired) electrons. The molecule has 474 valence electrons. The summed E-state index contributed by atoms with van der Waals surface area (Å²) in [5.74, 6) is 7.91. The van der Waals surface area contributed by atoms with Crippen LogP contribution in [-0.4, -0.2) is 114 Å². The van der Waals surface area contributed by atoms with Gasteiger partial charge in [0, 0.05) is 82.3 Å². The second kappa shape index (κ2) is 36.1. The van der Waals surface area contributed by atoms with Crippen molar-refractivity contribution in [3.63, 3.8) is 0 Å². The number of nitrogens with one attached hydrogen (secondary N) is 5. The van der Waals surface area contributed by atoms with Crippen molar-refractivity contribution >= 4 is 169 Å². The number of thiazole rings is 2. The molecule has 0 fully saturated rings. The van der Waals surface area contributed by atoms with Gasteiger partial charge in [0.2, 0.25) is 20.0 Å². The Morgan fingerprint density at radius 2 is 1.10 bits per heavy atom. The molecule has 86 heavy (non-hydrogen) atoms. The topological polar surface area (TPSA) is 353 Å². The van der Waals surface area contributed by atoms with E-state index in [1.54, 1.807) is 167 Å². The maximum absolute atomic E-state index is 13.4. The molecule has 0 saturated heterocycles. The van der Waals surface area contributed by atoms with E-state index in [4.69, 9.17) is 9.47 Å². The number of rotatable bonds is 17. The number of hydrogen-bond donors (Lipinski definition) is 7. The predicted octanol–water partition coefficient (Wildman–Crippen LogP) is 10.8. The molecule has 0 aliphatic rings. The Morgan fingerprint density at radius 3 is 1.47 bits per heavy atom. The van der Waals surface area contributed by atoms with Gasteiger partial charge < -0.3 is 19.8 Å². The van der Waals surface area contributed by atoms with Crippen LogP contribution in [0.5, 0.6) is 0 Å². The van der Waals surface area contributed by atoms with Crippen molar-refractivity contribution in [1.82, 2.24) is 39.5 Å². The van der Waals surface area contributed by atoms with Gasteiger partial charge in [-0.1, -0.05) is 18.2 Å². The molecule has 0 saturated carbocycles. The quantitative estimate of drug-likeness (QED) is 0.0146. The summed E-state index contributed by atoms with van der Waals surface area (Å²) >= 11 is 14.1. The van der Waals surface area contributed by atoms with Crippen LogP contribution in [0.15, 0.2) is 118 Å². The Bertz CT molecular complexity index is 3590. The van der Waals surface area contributed by atoms with Crippen molar-refractivity contribution in [2.75, 3.05) is 24.7 Å². The van der Waals surface area contributed by atoms with Crippen molar-refractivity contribution in [3.8, 4) is 53.4 Å². The number of aliphatic imine (C=N–C) groups is 1. The van der Waals surface area contributed by atoms with Crippen molar-refractivity contribution in [2.45, 2.75) is 102 Å². The van der Waals surface area contributed by atoms with Gasteiger partial charge in [0.15, 0.2) is 5.82 Å². The van der Waals surface area contributed by atoms with Crippen LogP contribution in [0.4, 0.5) is 21.0 Å². The van der Waals surface area contributed by atoms with E-state index in [1.165, 1.54) is 41.4 Å². The summed E-state index contributed by atoms with van der Waals surface area (Å²) < 4.78 is 69.3. The third-order valence-electron chi connectivity index (χ3n) is 9.87. The fraction of sp³-hybridized carbons (Fsp3) is 0.308. The molecule has 0 spiro atoms. The zero-order chi connectivity index (χ0) is 63.6. The summed E-state index contributed by atoms with van der Waals surface area (Å²) in [6.45, 7) is 17.7. The number of hydrazine groups is 1. The molecule has 4 aromatic carbocycles. The van der Waals surface area contributed by atoms with Gasteiger partial charge in [-0.15, -0.1) is 22.7 Å². The molecule has 3 amide bonds. The SMILES string of the molecule is CC(C)OC(=O)Nc1ccc(-c2ncc(-c3ccc(-c4ncn[nH]4)cc3S(=O)(=O)NC(C)(C)C)s2)cc1.CC(C)OC(=O)Nc1ccc(-c2ncc(-c3ccc(C(=O)N=CN(C)C)cc3S(=O)(=O)NC(C)(C)C)s2)cc1.I[I-]I(I)I(I)I.NN.O. The number of nitrogens with two attached hydrogens (primary N) is 2. The van der Waals surface area contributed by atoms with Gasteiger partial charge in [0.1, 0.15) is 16.3 Å². The monoisotopic (exact) mass is 2050 g/mol. The van der Waals surface area contributed by atoms with E-state index in [0.29, 0.717) is 66.9 Å². The number of hydrogen-bond acceptors (Lipinski definition) is 17. The summed E-state index contributed by atoms with van der Waals surface area (Å²) in [7, 11) is -4.91. The van der Waals surface area contributed by atoms with Crippen LogP contribution < -0.4 is 45.0 Å². The van der Waals surface area contributed by atoms with Gasteiger partial charge in [-0.2, -0.15) is 10.1 Å². The summed E-state index contributed by atoms with van der Waals surface area (Å²) in [6, 6.07) is 23.9. The maximum atomic E-state index is 13.4. The van der Waals surface area contributed by atoms with Gasteiger partial charge in [-0.25, -0.2) is 50.8 Å². The van der Waals surface area contributed by atoms with Gasteiger partial charge in [-0.05, 0) is 136 Å².